The average Bonchev–Trinajstić information content (AvgIpc) is 2.54. The molecule has 0 fully saturated rings. The van der Waals surface area contributed by atoms with Gasteiger partial charge in [-0.25, -0.2) is 0 Å². The second-order valence-electron chi connectivity index (χ2n) is 6.41. The van der Waals surface area contributed by atoms with Crippen LogP contribution in [0.4, 0.5) is 5.69 Å². The molecule has 0 aliphatic carbocycles. The van der Waals surface area contributed by atoms with E-state index < -0.39 is 0 Å². The Hall–Kier alpha value is -2.13. The lowest BCUT2D eigenvalue weighted by atomic mass is 9.81. The van der Waals surface area contributed by atoms with Crippen molar-refractivity contribution in [3.05, 3.63) is 65.7 Å². The summed E-state index contributed by atoms with van der Waals surface area (Å²) in [5, 5.41) is 6.37. The molecule has 0 aromatic heterocycles. The normalized spacial score (nSPS) is 11.3. The van der Waals surface area contributed by atoms with Crippen molar-refractivity contribution in [2.75, 3.05) is 11.9 Å². The SMILES string of the molecule is CCNCc1ccccc1NC(=O)CC(C)(C)c1ccccc1. The van der Waals surface area contributed by atoms with Gasteiger partial charge in [0.1, 0.15) is 0 Å². The Morgan fingerprint density at radius 2 is 1.65 bits per heavy atom. The Labute approximate surface area is 139 Å². The second kappa shape index (κ2) is 7.93. The summed E-state index contributed by atoms with van der Waals surface area (Å²) in [5.74, 6) is 0.0443. The van der Waals surface area contributed by atoms with E-state index in [2.05, 4.69) is 43.5 Å². The zero-order valence-corrected chi connectivity index (χ0v) is 14.2. The third kappa shape index (κ3) is 4.93. The maximum atomic E-state index is 12.5. The molecule has 2 N–H and O–H groups in total. The highest BCUT2D eigenvalue weighted by Crippen LogP contribution is 2.27. The molecule has 0 heterocycles. The van der Waals surface area contributed by atoms with E-state index in [1.807, 2.05) is 42.5 Å². The number of benzene rings is 2. The molecule has 3 nitrogen and oxygen atoms in total. The van der Waals surface area contributed by atoms with Gasteiger partial charge in [-0.2, -0.15) is 0 Å². The molecule has 0 saturated heterocycles. The molecule has 0 aliphatic heterocycles. The van der Waals surface area contributed by atoms with Crippen molar-refractivity contribution < 1.29 is 4.79 Å². The van der Waals surface area contributed by atoms with E-state index in [4.69, 9.17) is 0 Å². The molecule has 2 aromatic carbocycles. The smallest absolute Gasteiger partial charge is 0.225 e. The fourth-order valence-corrected chi connectivity index (χ4v) is 2.64. The predicted molar refractivity (Wildman–Crippen MR) is 96.5 cm³/mol. The molecule has 0 saturated carbocycles. The quantitative estimate of drug-likeness (QED) is 0.808. The predicted octanol–water partition coefficient (Wildman–Crippen LogP) is 4.10. The van der Waals surface area contributed by atoms with E-state index in [9.17, 15) is 4.79 Å². The van der Waals surface area contributed by atoms with E-state index in [1.54, 1.807) is 0 Å². The van der Waals surface area contributed by atoms with Crippen LogP contribution in [0.5, 0.6) is 0 Å². The van der Waals surface area contributed by atoms with Crippen LogP contribution in [-0.2, 0) is 16.8 Å². The minimum atomic E-state index is -0.193. The largest absolute Gasteiger partial charge is 0.326 e. The van der Waals surface area contributed by atoms with Gasteiger partial charge >= 0.3 is 0 Å². The van der Waals surface area contributed by atoms with E-state index in [1.165, 1.54) is 5.56 Å². The van der Waals surface area contributed by atoms with Gasteiger partial charge in [-0.3, -0.25) is 4.79 Å². The molecule has 0 aliphatic rings. The summed E-state index contributed by atoms with van der Waals surface area (Å²) in [6.45, 7) is 7.95. The molecule has 3 heteroatoms. The van der Waals surface area contributed by atoms with Crippen molar-refractivity contribution in [3.63, 3.8) is 0 Å². The lowest BCUT2D eigenvalue weighted by Crippen LogP contribution is -2.26. The summed E-state index contributed by atoms with van der Waals surface area (Å²) in [5.41, 5.74) is 2.99. The third-order valence-electron chi connectivity index (χ3n) is 4.01. The molecule has 1 amide bonds. The summed E-state index contributed by atoms with van der Waals surface area (Å²) in [6.07, 6.45) is 0.451. The maximum absolute atomic E-state index is 12.5. The minimum Gasteiger partial charge on any atom is -0.326 e. The van der Waals surface area contributed by atoms with E-state index >= 15 is 0 Å². The number of nitrogens with one attached hydrogen (secondary N) is 2. The standard InChI is InChI=1S/C20H26N2O/c1-4-21-15-16-10-8-9-13-18(16)22-19(23)14-20(2,3)17-11-6-5-7-12-17/h5-13,21H,4,14-15H2,1-3H3,(H,22,23). The Morgan fingerprint density at radius 3 is 2.35 bits per heavy atom. The fourth-order valence-electron chi connectivity index (χ4n) is 2.64. The van der Waals surface area contributed by atoms with Crippen molar-refractivity contribution in [2.45, 2.75) is 39.2 Å². The first-order valence-electron chi connectivity index (χ1n) is 8.17. The van der Waals surface area contributed by atoms with Crippen LogP contribution < -0.4 is 10.6 Å². The molecule has 122 valence electrons. The lowest BCUT2D eigenvalue weighted by Gasteiger charge is -2.25. The number of hydrogen-bond acceptors (Lipinski definition) is 2. The average molecular weight is 310 g/mol. The molecular weight excluding hydrogens is 284 g/mol. The second-order valence-corrected chi connectivity index (χ2v) is 6.41. The van der Waals surface area contributed by atoms with Gasteiger partial charge in [-0.1, -0.05) is 69.3 Å². The first kappa shape index (κ1) is 17.2. The van der Waals surface area contributed by atoms with Crippen LogP contribution in [0.3, 0.4) is 0 Å². The zero-order valence-electron chi connectivity index (χ0n) is 14.2. The number of carbonyl (C=O) groups excluding carboxylic acids is 1. The van der Waals surface area contributed by atoms with E-state index in [0.29, 0.717) is 6.42 Å². The van der Waals surface area contributed by atoms with Gasteiger partial charge in [0.2, 0.25) is 5.91 Å². The van der Waals surface area contributed by atoms with Crippen LogP contribution in [0.25, 0.3) is 0 Å². The molecule has 0 spiro atoms. The molecule has 2 rings (SSSR count). The van der Waals surface area contributed by atoms with Crippen molar-refractivity contribution >= 4 is 11.6 Å². The number of anilines is 1. The van der Waals surface area contributed by atoms with Crippen LogP contribution in [0.2, 0.25) is 0 Å². The number of carbonyl (C=O) groups is 1. The summed E-state index contributed by atoms with van der Waals surface area (Å²) in [4.78, 5) is 12.5. The third-order valence-corrected chi connectivity index (χ3v) is 4.01. The maximum Gasteiger partial charge on any atom is 0.225 e. The number of hydrogen-bond donors (Lipinski definition) is 2. The molecule has 0 atom stereocenters. The highest BCUT2D eigenvalue weighted by atomic mass is 16.1. The number of para-hydroxylation sites is 1. The first-order chi connectivity index (χ1) is 11.0. The number of amides is 1. The van der Waals surface area contributed by atoms with Gasteiger partial charge in [-0.05, 0) is 29.2 Å². The summed E-state index contributed by atoms with van der Waals surface area (Å²) >= 11 is 0. The molecule has 0 radical (unpaired) electrons. The van der Waals surface area contributed by atoms with Crippen LogP contribution in [0.1, 0.15) is 38.3 Å². The van der Waals surface area contributed by atoms with Crippen LogP contribution in [0.15, 0.2) is 54.6 Å². The Kier molecular flexibility index (Phi) is 5.94. The summed E-state index contributed by atoms with van der Waals surface area (Å²) in [7, 11) is 0. The molecule has 2 aromatic rings. The van der Waals surface area contributed by atoms with Crippen LogP contribution in [0, 0.1) is 0 Å². The van der Waals surface area contributed by atoms with Crippen molar-refractivity contribution in [2.24, 2.45) is 0 Å². The molecule has 0 unspecified atom stereocenters. The van der Waals surface area contributed by atoms with Gasteiger partial charge in [-0.15, -0.1) is 0 Å². The molecular formula is C20H26N2O. The highest BCUT2D eigenvalue weighted by Gasteiger charge is 2.24. The molecule has 23 heavy (non-hydrogen) atoms. The van der Waals surface area contributed by atoms with Gasteiger partial charge in [0.05, 0.1) is 0 Å². The summed E-state index contributed by atoms with van der Waals surface area (Å²) < 4.78 is 0. The minimum absolute atomic E-state index is 0.0443. The first-order valence-corrected chi connectivity index (χ1v) is 8.17. The van der Waals surface area contributed by atoms with Gasteiger partial charge in [0.25, 0.3) is 0 Å². The summed E-state index contributed by atoms with van der Waals surface area (Å²) in [6, 6.07) is 18.1. The topological polar surface area (TPSA) is 41.1 Å². The lowest BCUT2D eigenvalue weighted by molar-refractivity contribution is -0.117. The zero-order chi connectivity index (χ0) is 16.7. The fraction of sp³-hybridized carbons (Fsp3) is 0.350. The van der Waals surface area contributed by atoms with Crippen LogP contribution in [-0.4, -0.2) is 12.5 Å². The number of rotatable bonds is 7. The Balaban J connectivity index is 2.05. The van der Waals surface area contributed by atoms with E-state index in [0.717, 1.165) is 24.3 Å². The van der Waals surface area contributed by atoms with E-state index in [-0.39, 0.29) is 11.3 Å². The van der Waals surface area contributed by atoms with Gasteiger partial charge < -0.3 is 10.6 Å². The van der Waals surface area contributed by atoms with Crippen molar-refractivity contribution in [3.8, 4) is 0 Å². The van der Waals surface area contributed by atoms with Crippen molar-refractivity contribution in [1.29, 1.82) is 0 Å². The Bertz CT molecular complexity index is 635. The highest BCUT2D eigenvalue weighted by molar-refractivity contribution is 5.92. The van der Waals surface area contributed by atoms with Crippen LogP contribution >= 0.6 is 0 Å². The van der Waals surface area contributed by atoms with Gasteiger partial charge in [0.15, 0.2) is 0 Å². The molecule has 0 bridgehead atoms. The van der Waals surface area contributed by atoms with Gasteiger partial charge in [0, 0.05) is 18.7 Å². The Morgan fingerprint density at radius 1 is 1.00 bits per heavy atom. The van der Waals surface area contributed by atoms with Crippen molar-refractivity contribution in [1.82, 2.24) is 5.32 Å². The monoisotopic (exact) mass is 310 g/mol.